The summed E-state index contributed by atoms with van der Waals surface area (Å²) >= 11 is 1.24. The van der Waals surface area contributed by atoms with Gasteiger partial charge in [-0.25, -0.2) is 13.1 Å². The van der Waals surface area contributed by atoms with Gasteiger partial charge in [-0.2, -0.15) is 0 Å². The number of amides is 1. The van der Waals surface area contributed by atoms with E-state index >= 15 is 0 Å². The zero-order valence-corrected chi connectivity index (χ0v) is 14.5. The van der Waals surface area contributed by atoms with Gasteiger partial charge in [0.25, 0.3) is 0 Å². The Balaban J connectivity index is 1.89. The number of hydrogen-bond donors (Lipinski definition) is 2. The number of rotatable bonds is 7. The van der Waals surface area contributed by atoms with E-state index in [1.165, 1.54) is 11.3 Å². The molecule has 0 aliphatic rings. The number of nitrogens with zero attached hydrogens (tertiary/aromatic N) is 2. The van der Waals surface area contributed by atoms with Crippen molar-refractivity contribution in [2.45, 2.75) is 31.6 Å². The molecule has 1 aromatic heterocycles. The molecule has 2 rings (SSSR count). The SMILES string of the molecule is CCC(=O)Nc1nnc(CCNS(=O)(=O)c2ccc(C)cc2)s1. The Labute approximate surface area is 139 Å². The van der Waals surface area contributed by atoms with Crippen LogP contribution in [0.4, 0.5) is 5.13 Å². The van der Waals surface area contributed by atoms with E-state index < -0.39 is 10.0 Å². The van der Waals surface area contributed by atoms with E-state index in [1.54, 1.807) is 31.2 Å². The van der Waals surface area contributed by atoms with Crippen molar-refractivity contribution in [2.75, 3.05) is 11.9 Å². The minimum absolute atomic E-state index is 0.132. The molecule has 7 nitrogen and oxygen atoms in total. The molecule has 23 heavy (non-hydrogen) atoms. The second-order valence-corrected chi connectivity index (χ2v) is 7.69. The minimum Gasteiger partial charge on any atom is -0.301 e. The molecule has 0 aliphatic carbocycles. The monoisotopic (exact) mass is 354 g/mol. The van der Waals surface area contributed by atoms with Crippen LogP contribution >= 0.6 is 11.3 Å². The van der Waals surface area contributed by atoms with Gasteiger partial charge >= 0.3 is 0 Å². The number of benzene rings is 1. The average Bonchev–Trinajstić information content (AvgIpc) is 2.94. The van der Waals surface area contributed by atoms with Gasteiger partial charge in [-0.3, -0.25) is 4.79 Å². The van der Waals surface area contributed by atoms with Crippen molar-refractivity contribution < 1.29 is 13.2 Å². The highest BCUT2D eigenvalue weighted by molar-refractivity contribution is 7.89. The van der Waals surface area contributed by atoms with E-state index in [4.69, 9.17) is 0 Å². The zero-order chi connectivity index (χ0) is 16.9. The maximum absolute atomic E-state index is 12.1. The molecule has 124 valence electrons. The van der Waals surface area contributed by atoms with Crippen LogP contribution < -0.4 is 10.0 Å². The van der Waals surface area contributed by atoms with Gasteiger partial charge in [0, 0.05) is 19.4 Å². The fourth-order valence-corrected chi connectivity index (χ4v) is 3.49. The van der Waals surface area contributed by atoms with Crippen molar-refractivity contribution in [2.24, 2.45) is 0 Å². The molecule has 0 saturated heterocycles. The second-order valence-electron chi connectivity index (χ2n) is 4.86. The largest absolute Gasteiger partial charge is 0.301 e. The van der Waals surface area contributed by atoms with Crippen LogP contribution in [-0.2, 0) is 21.2 Å². The summed E-state index contributed by atoms with van der Waals surface area (Å²) in [6.07, 6.45) is 0.774. The molecule has 0 atom stereocenters. The normalized spacial score (nSPS) is 11.4. The molecule has 0 spiro atoms. The summed E-state index contributed by atoms with van der Waals surface area (Å²) in [5.41, 5.74) is 1.000. The van der Waals surface area contributed by atoms with Crippen LogP contribution in [0.25, 0.3) is 0 Å². The van der Waals surface area contributed by atoms with Gasteiger partial charge in [-0.15, -0.1) is 10.2 Å². The van der Waals surface area contributed by atoms with Crippen LogP contribution in [-0.4, -0.2) is 31.1 Å². The number of anilines is 1. The standard InChI is InChI=1S/C14H18N4O3S2/c1-3-12(19)16-14-18-17-13(22-14)8-9-15-23(20,21)11-6-4-10(2)5-7-11/h4-7,15H,3,8-9H2,1-2H3,(H,16,18,19). The molecule has 0 radical (unpaired) electrons. The number of nitrogens with one attached hydrogen (secondary N) is 2. The predicted molar refractivity (Wildman–Crippen MR) is 88.9 cm³/mol. The van der Waals surface area contributed by atoms with E-state index in [2.05, 4.69) is 20.2 Å². The van der Waals surface area contributed by atoms with E-state index in [0.29, 0.717) is 23.0 Å². The minimum atomic E-state index is -3.53. The molecular weight excluding hydrogens is 336 g/mol. The lowest BCUT2D eigenvalue weighted by Crippen LogP contribution is -2.25. The van der Waals surface area contributed by atoms with Crippen molar-refractivity contribution in [1.82, 2.24) is 14.9 Å². The third kappa shape index (κ3) is 5.08. The van der Waals surface area contributed by atoms with Gasteiger partial charge in [0.1, 0.15) is 5.01 Å². The summed E-state index contributed by atoms with van der Waals surface area (Å²) in [4.78, 5) is 11.5. The Morgan fingerprint density at radius 2 is 1.91 bits per heavy atom. The third-order valence-electron chi connectivity index (χ3n) is 3.00. The van der Waals surface area contributed by atoms with Crippen LogP contribution in [0, 0.1) is 6.92 Å². The first-order chi connectivity index (χ1) is 10.9. The summed E-state index contributed by atoms with van der Waals surface area (Å²) in [7, 11) is -3.53. The number of carbonyl (C=O) groups is 1. The van der Waals surface area contributed by atoms with Crippen molar-refractivity contribution >= 4 is 32.4 Å². The maximum Gasteiger partial charge on any atom is 0.240 e. The molecule has 0 saturated carbocycles. The lowest BCUT2D eigenvalue weighted by atomic mass is 10.2. The van der Waals surface area contributed by atoms with Gasteiger partial charge in [0.15, 0.2) is 0 Å². The topological polar surface area (TPSA) is 101 Å². The smallest absolute Gasteiger partial charge is 0.240 e. The molecule has 1 aromatic carbocycles. The average molecular weight is 354 g/mol. The summed E-state index contributed by atoms with van der Waals surface area (Å²) in [5, 5.41) is 11.5. The van der Waals surface area contributed by atoms with E-state index in [1.807, 2.05) is 6.92 Å². The van der Waals surface area contributed by atoms with Gasteiger partial charge in [0.2, 0.25) is 21.1 Å². The number of aromatic nitrogens is 2. The van der Waals surface area contributed by atoms with Crippen LogP contribution in [0.2, 0.25) is 0 Å². The summed E-state index contributed by atoms with van der Waals surface area (Å²) in [6.45, 7) is 3.86. The van der Waals surface area contributed by atoms with Crippen LogP contribution in [0.5, 0.6) is 0 Å². The molecule has 0 unspecified atom stereocenters. The molecular formula is C14H18N4O3S2. The Bertz CT molecular complexity index is 770. The van der Waals surface area contributed by atoms with Crippen molar-refractivity contribution in [1.29, 1.82) is 0 Å². The Kier molecular flexibility index (Phi) is 5.80. The first kappa shape index (κ1) is 17.5. The molecule has 0 fully saturated rings. The van der Waals surface area contributed by atoms with E-state index in [9.17, 15) is 13.2 Å². The molecule has 1 amide bonds. The molecule has 0 bridgehead atoms. The third-order valence-corrected chi connectivity index (χ3v) is 5.37. The highest BCUT2D eigenvalue weighted by atomic mass is 32.2. The quantitative estimate of drug-likeness (QED) is 0.788. The first-order valence-corrected chi connectivity index (χ1v) is 9.39. The van der Waals surface area contributed by atoms with Crippen molar-refractivity contribution in [3.8, 4) is 0 Å². The van der Waals surface area contributed by atoms with Crippen molar-refractivity contribution in [3.05, 3.63) is 34.8 Å². The van der Waals surface area contributed by atoms with Crippen LogP contribution in [0.1, 0.15) is 23.9 Å². The molecule has 1 heterocycles. The lowest BCUT2D eigenvalue weighted by molar-refractivity contribution is -0.115. The van der Waals surface area contributed by atoms with Gasteiger partial charge in [0.05, 0.1) is 4.90 Å². The maximum atomic E-state index is 12.1. The van der Waals surface area contributed by atoms with Gasteiger partial charge in [-0.1, -0.05) is 36.0 Å². The second kappa shape index (κ2) is 7.62. The Hall–Kier alpha value is -1.84. The molecule has 2 N–H and O–H groups in total. The molecule has 9 heteroatoms. The van der Waals surface area contributed by atoms with E-state index in [0.717, 1.165) is 5.56 Å². The van der Waals surface area contributed by atoms with E-state index in [-0.39, 0.29) is 17.3 Å². The van der Waals surface area contributed by atoms with Crippen molar-refractivity contribution in [3.63, 3.8) is 0 Å². The lowest BCUT2D eigenvalue weighted by Gasteiger charge is -2.05. The van der Waals surface area contributed by atoms with Crippen LogP contribution in [0.15, 0.2) is 29.2 Å². The predicted octanol–water partition coefficient (Wildman–Crippen LogP) is 1.72. The fourth-order valence-electron chi connectivity index (χ4n) is 1.71. The number of hydrogen-bond acceptors (Lipinski definition) is 6. The number of aryl methyl sites for hydroxylation is 1. The summed E-state index contributed by atoms with van der Waals surface area (Å²) in [5.74, 6) is -0.132. The Morgan fingerprint density at radius 1 is 1.22 bits per heavy atom. The first-order valence-electron chi connectivity index (χ1n) is 7.09. The van der Waals surface area contributed by atoms with Crippen LogP contribution in [0.3, 0.4) is 0 Å². The summed E-state index contributed by atoms with van der Waals surface area (Å²) < 4.78 is 26.8. The highest BCUT2D eigenvalue weighted by Gasteiger charge is 2.14. The molecule has 2 aromatic rings. The Morgan fingerprint density at radius 3 is 2.57 bits per heavy atom. The summed E-state index contributed by atoms with van der Waals surface area (Å²) in [6, 6.07) is 6.64. The zero-order valence-electron chi connectivity index (χ0n) is 12.9. The van der Waals surface area contributed by atoms with Gasteiger partial charge in [-0.05, 0) is 19.1 Å². The fraction of sp³-hybridized carbons (Fsp3) is 0.357. The highest BCUT2D eigenvalue weighted by Crippen LogP contribution is 2.16. The number of carbonyl (C=O) groups excluding carboxylic acids is 1. The molecule has 0 aliphatic heterocycles. The number of sulfonamides is 1. The van der Waals surface area contributed by atoms with Gasteiger partial charge < -0.3 is 5.32 Å².